The molecule has 7 heteroatoms. The van der Waals surface area contributed by atoms with Crippen LogP contribution >= 0.6 is 0 Å². The van der Waals surface area contributed by atoms with Gasteiger partial charge in [-0.25, -0.2) is 17.5 Å². The van der Waals surface area contributed by atoms with E-state index in [1.807, 2.05) is 0 Å². The normalized spacial score (nSPS) is 14.4. The molecule has 0 spiro atoms. The summed E-state index contributed by atoms with van der Waals surface area (Å²) in [7, 11) is -3.60. The molecular formula is C20H23FN2O3S. The molecule has 0 heterocycles. The molecule has 0 saturated heterocycles. The van der Waals surface area contributed by atoms with Gasteiger partial charge in [-0.15, -0.1) is 0 Å². The fourth-order valence-corrected chi connectivity index (χ4v) is 4.13. The van der Waals surface area contributed by atoms with Gasteiger partial charge >= 0.3 is 0 Å². The van der Waals surface area contributed by atoms with Gasteiger partial charge in [0.15, 0.2) is 0 Å². The number of carbonyl (C=O) groups is 1. The van der Waals surface area contributed by atoms with Crippen molar-refractivity contribution in [2.45, 2.75) is 50.2 Å². The van der Waals surface area contributed by atoms with Crippen LogP contribution in [0.1, 0.15) is 42.6 Å². The maximum atomic E-state index is 14.0. The van der Waals surface area contributed by atoms with Crippen molar-refractivity contribution in [3.05, 3.63) is 65.5 Å². The van der Waals surface area contributed by atoms with Crippen LogP contribution in [-0.4, -0.2) is 31.3 Å². The third-order valence-electron chi connectivity index (χ3n) is 4.35. The lowest BCUT2D eigenvalue weighted by Crippen LogP contribution is -2.33. The molecule has 1 N–H and O–H groups in total. The Balaban J connectivity index is 1.80. The number of halogens is 1. The van der Waals surface area contributed by atoms with Gasteiger partial charge in [-0.1, -0.05) is 18.2 Å². The lowest BCUT2D eigenvalue weighted by molar-refractivity contribution is 0.0728. The van der Waals surface area contributed by atoms with Gasteiger partial charge in [0.2, 0.25) is 10.0 Å². The van der Waals surface area contributed by atoms with Gasteiger partial charge in [-0.2, -0.15) is 0 Å². The van der Waals surface area contributed by atoms with Crippen LogP contribution < -0.4 is 4.72 Å². The van der Waals surface area contributed by atoms with Gasteiger partial charge in [0.05, 0.1) is 4.90 Å². The van der Waals surface area contributed by atoms with E-state index in [4.69, 9.17) is 0 Å². The lowest BCUT2D eigenvalue weighted by Gasteiger charge is -2.23. The Morgan fingerprint density at radius 3 is 2.33 bits per heavy atom. The van der Waals surface area contributed by atoms with E-state index < -0.39 is 10.0 Å². The first-order valence-electron chi connectivity index (χ1n) is 8.94. The number of rotatable bonds is 7. The van der Waals surface area contributed by atoms with Gasteiger partial charge in [-0.3, -0.25) is 4.79 Å². The fraction of sp³-hybridized carbons (Fsp3) is 0.350. The first kappa shape index (κ1) is 19.5. The molecule has 5 nitrogen and oxygen atoms in total. The predicted octanol–water partition coefficient (Wildman–Crippen LogP) is 3.32. The summed E-state index contributed by atoms with van der Waals surface area (Å²) in [6.07, 6.45) is 1.79. The highest BCUT2D eigenvalue weighted by Gasteiger charge is 2.33. The van der Waals surface area contributed by atoms with Gasteiger partial charge in [0, 0.05) is 29.8 Å². The van der Waals surface area contributed by atoms with Gasteiger partial charge in [0.1, 0.15) is 5.82 Å². The largest absolute Gasteiger partial charge is 0.331 e. The zero-order valence-electron chi connectivity index (χ0n) is 15.4. The smallest absolute Gasteiger partial charge is 0.254 e. The molecule has 1 fully saturated rings. The van der Waals surface area contributed by atoms with E-state index in [9.17, 15) is 17.6 Å². The molecule has 0 unspecified atom stereocenters. The minimum atomic E-state index is -3.60. The molecule has 0 atom stereocenters. The molecule has 27 heavy (non-hydrogen) atoms. The maximum Gasteiger partial charge on any atom is 0.254 e. The monoisotopic (exact) mass is 390 g/mol. The van der Waals surface area contributed by atoms with Crippen molar-refractivity contribution in [1.82, 2.24) is 9.62 Å². The van der Waals surface area contributed by atoms with Crippen molar-refractivity contribution >= 4 is 15.9 Å². The summed E-state index contributed by atoms with van der Waals surface area (Å²) < 4.78 is 40.9. The molecule has 0 aliphatic heterocycles. The molecular weight excluding hydrogens is 367 g/mol. The summed E-state index contributed by atoms with van der Waals surface area (Å²) in [4.78, 5) is 14.7. The molecule has 2 aromatic carbocycles. The summed E-state index contributed by atoms with van der Waals surface area (Å²) in [6.45, 7) is 3.68. The van der Waals surface area contributed by atoms with Crippen LogP contribution in [0.2, 0.25) is 0 Å². The highest BCUT2D eigenvalue weighted by atomic mass is 32.2. The Labute approximate surface area is 159 Å². The van der Waals surface area contributed by atoms with Crippen LogP contribution in [0.5, 0.6) is 0 Å². The second-order valence-corrected chi connectivity index (χ2v) is 8.77. The van der Waals surface area contributed by atoms with E-state index in [-0.39, 0.29) is 35.2 Å². The summed E-state index contributed by atoms with van der Waals surface area (Å²) in [5.74, 6) is -0.557. The van der Waals surface area contributed by atoms with E-state index in [1.54, 1.807) is 36.9 Å². The molecule has 0 aromatic heterocycles. The number of hydrogen-bond donors (Lipinski definition) is 1. The van der Waals surface area contributed by atoms with Crippen LogP contribution in [0.4, 0.5) is 4.39 Å². The van der Waals surface area contributed by atoms with E-state index in [1.165, 1.54) is 30.3 Å². The standard InChI is InChI=1S/C20H23FN2O3S/c1-14(2)22-27(25,26)18-11-7-15(8-12-18)20(24)23(17-9-10-17)13-16-5-3-4-6-19(16)21/h3-8,11-12,14,17,22H,9-10,13H2,1-2H3. The van der Waals surface area contributed by atoms with Crippen LogP contribution in [-0.2, 0) is 16.6 Å². The first-order chi connectivity index (χ1) is 12.8. The Morgan fingerprint density at radius 2 is 1.78 bits per heavy atom. The van der Waals surface area contributed by atoms with Crippen molar-refractivity contribution in [2.75, 3.05) is 0 Å². The third-order valence-corrected chi connectivity index (χ3v) is 6.02. The molecule has 1 saturated carbocycles. The summed E-state index contributed by atoms with van der Waals surface area (Å²) in [5.41, 5.74) is 0.861. The Bertz CT molecular complexity index is 922. The lowest BCUT2D eigenvalue weighted by atomic mass is 10.1. The van der Waals surface area contributed by atoms with E-state index in [0.29, 0.717) is 11.1 Å². The van der Waals surface area contributed by atoms with Crippen molar-refractivity contribution in [3.63, 3.8) is 0 Å². The average molecular weight is 390 g/mol. The maximum absolute atomic E-state index is 14.0. The molecule has 0 bridgehead atoms. The van der Waals surface area contributed by atoms with Crippen LogP contribution in [0, 0.1) is 5.82 Å². The van der Waals surface area contributed by atoms with Crippen molar-refractivity contribution in [1.29, 1.82) is 0 Å². The van der Waals surface area contributed by atoms with Gasteiger partial charge in [0.25, 0.3) is 5.91 Å². The van der Waals surface area contributed by atoms with E-state index in [0.717, 1.165) is 12.8 Å². The van der Waals surface area contributed by atoms with Crippen molar-refractivity contribution in [3.8, 4) is 0 Å². The number of benzene rings is 2. The Morgan fingerprint density at radius 1 is 1.15 bits per heavy atom. The number of carbonyl (C=O) groups excluding carboxylic acids is 1. The molecule has 0 radical (unpaired) electrons. The topological polar surface area (TPSA) is 66.5 Å². The molecule has 1 aliphatic carbocycles. The summed E-state index contributed by atoms with van der Waals surface area (Å²) in [6, 6.07) is 12.2. The minimum Gasteiger partial charge on any atom is -0.331 e. The quantitative estimate of drug-likeness (QED) is 0.789. The van der Waals surface area contributed by atoms with Crippen LogP contribution in [0.25, 0.3) is 0 Å². The Kier molecular flexibility index (Phi) is 5.62. The SMILES string of the molecule is CC(C)NS(=O)(=O)c1ccc(C(=O)N(Cc2ccccc2F)C2CC2)cc1. The molecule has 144 valence electrons. The summed E-state index contributed by atoms with van der Waals surface area (Å²) in [5, 5.41) is 0. The Hall–Kier alpha value is -2.25. The van der Waals surface area contributed by atoms with E-state index in [2.05, 4.69) is 4.72 Å². The second kappa shape index (κ2) is 7.78. The zero-order chi connectivity index (χ0) is 19.6. The predicted molar refractivity (Wildman–Crippen MR) is 101 cm³/mol. The molecule has 1 aliphatic rings. The van der Waals surface area contributed by atoms with Crippen molar-refractivity contribution < 1.29 is 17.6 Å². The highest BCUT2D eigenvalue weighted by molar-refractivity contribution is 7.89. The highest BCUT2D eigenvalue weighted by Crippen LogP contribution is 2.30. The minimum absolute atomic E-state index is 0.100. The third kappa shape index (κ3) is 4.73. The number of sulfonamides is 1. The second-order valence-electron chi connectivity index (χ2n) is 7.06. The van der Waals surface area contributed by atoms with Crippen LogP contribution in [0.3, 0.4) is 0 Å². The average Bonchev–Trinajstić information content (AvgIpc) is 3.44. The molecule has 2 aromatic rings. The number of amides is 1. The molecule has 3 rings (SSSR count). The van der Waals surface area contributed by atoms with Crippen molar-refractivity contribution in [2.24, 2.45) is 0 Å². The molecule has 1 amide bonds. The van der Waals surface area contributed by atoms with Gasteiger partial charge < -0.3 is 4.90 Å². The summed E-state index contributed by atoms with van der Waals surface area (Å²) >= 11 is 0. The number of nitrogens with one attached hydrogen (secondary N) is 1. The zero-order valence-corrected chi connectivity index (χ0v) is 16.2. The fourth-order valence-electron chi connectivity index (χ4n) is 2.88. The first-order valence-corrected chi connectivity index (χ1v) is 10.4. The van der Waals surface area contributed by atoms with E-state index >= 15 is 0 Å². The van der Waals surface area contributed by atoms with Gasteiger partial charge in [-0.05, 0) is 57.0 Å². The number of nitrogens with zero attached hydrogens (tertiary/aromatic N) is 1. The van der Waals surface area contributed by atoms with Crippen LogP contribution in [0.15, 0.2) is 53.4 Å². The number of hydrogen-bond acceptors (Lipinski definition) is 3.